The molecule has 0 bridgehead atoms. The highest BCUT2D eigenvalue weighted by Crippen LogP contribution is 2.21. The normalized spacial score (nSPS) is 13.3. The lowest BCUT2D eigenvalue weighted by molar-refractivity contribution is -0.141. The first-order chi connectivity index (χ1) is 9.40. The Hall–Kier alpha value is -1.89. The molecular formula is C13H18N2O4S. The zero-order valence-corrected chi connectivity index (χ0v) is 12.2. The molecule has 110 valence electrons. The maximum atomic E-state index is 11.8. The molecule has 6 nitrogen and oxygen atoms in total. The summed E-state index contributed by atoms with van der Waals surface area (Å²) in [4.78, 5) is 34.5. The molecule has 20 heavy (non-hydrogen) atoms. The van der Waals surface area contributed by atoms with Gasteiger partial charge in [-0.1, -0.05) is 13.0 Å². The van der Waals surface area contributed by atoms with E-state index in [0.717, 1.165) is 4.88 Å². The lowest BCUT2D eigenvalue weighted by Crippen LogP contribution is -2.35. The van der Waals surface area contributed by atoms with Crippen LogP contribution in [-0.2, 0) is 14.4 Å². The third kappa shape index (κ3) is 5.40. The van der Waals surface area contributed by atoms with E-state index in [2.05, 4.69) is 10.6 Å². The number of thiophene rings is 1. The van der Waals surface area contributed by atoms with Gasteiger partial charge in [0.15, 0.2) is 0 Å². The number of rotatable bonds is 7. The van der Waals surface area contributed by atoms with Crippen molar-refractivity contribution < 1.29 is 19.5 Å². The molecule has 1 heterocycles. The number of carbonyl (C=O) groups excluding carboxylic acids is 2. The third-order valence-electron chi connectivity index (χ3n) is 2.68. The highest BCUT2D eigenvalue weighted by molar-refractivity contribution is 7.10. The van der Waals surface area contributed by atoms with Crippen molar-refractivity contribution in [3.63, 3.8) is 0 Å². The highest BCUT2D eigenvalue weighted by Gasteiger charge is 2.19. The summed E-state index contributed by atoms with van der Waals surface area (Å²) in [5.74, 6) is -2.10. The second-order valence-electron chi connectivity index (χ2n) is 4.52. The van der Waals surface area contributed by atoms with Gasteiger partial charge < -0.3 is 15.7 Å². The predicted octanol–water partition coefficient (Wildman–Crippen LogP) is 1.15. The second-order valence-corrected chi connectivity index (χ2v) is 5.50. The minimum atomic E-state index is -0.957. The number of carbonyl (C=O) groups is 3. The van der Waals surface area contributed by atoms with E-state index >= 15 is 0 Å². The van der Waals surface area contributed by atoms with Crippen LogP contribution in [-0.4, -0.2) is 29.4 Å². The van der Waals surface area contributed by atoms with Crippen LogP contribution in [0.4, 0.5) is 0 Å². The smallest absolute Gasteiger partial charge is 0.308 e. The highest BCUT2D eigenvalue weighted by atomic mass is 32.1. The number of hydrogen-bond acceptors (Lipinski definition) is 4. The first-order valence-electron chi connectivity index (χ1n) is 6.20. The molecule has 0 aliphatic rings. The van der Waals surface area contributed by atoms with E-state index < -0.39 is 11.9 Å². The van der Waals surface area contributed by atoms with Crippen LogP contribution in [0.3, 0.4) is 0 Å². The molecule has 2 unspecified atom stereocenters. The molecule has 0 saturated carbocycles. The Morgan fingerprint density at radius 1 is 1.40 bits per heavy atom. The van der Waals surface area contributed by atoms with Crippen LogP contribution < -0.4 is 10.6 Å². The summed E-state index contributed by atoms with van der Waals surface area (Å²) in [7, 11) is 0. The van der Waals surface area contributed by atoms with Crippen LogP contribution in [0, 0.1) is 5.92 Å². The van der Waals surface area contributed by atoms with E-state index in [1.807, 2.05) is 17.5 Å². The minimum absolute atomic E-state index is 0.0748. The maximum Gasteiger partial charge on any atom is 0.308 e. The zero-order chi connectivity index (χ0) is 15.1. The molecule has 3 N–H and O–H groups in total. The number of hydrogen-bond donors (Lipinski definition) is 3. The van der Waals surface area contributed by atoms with Crippen molar-refractivity contribution in [2.24, 2.45) is 5.92 Å². The standard InChI is InChI=1S/C13H18N2O4S/c1-8(13(18)19)7-14-12(17)6-10(15-9(2)16)11-4-3-5-20-11/h3-5,8,10H,6-7H2,1-2H3,(H,14,17)(H,15,16)(H,18,19). The van der Waals surface area contributed by atoms with Crippen molar-refractivity contribution in [2.75, 3.05) is 6.54 Å². The minimum Gasteiger partial charge on any atom is -0.481 e. The van der Waals surface area contributed by atoms with E-state index in [-0.39, 0.29) is 30.8 Å². The van der Waals surface area contributed by atoms with E-state index in [1.54, 1.807) is 0 Å². The fraction of sp³-hybridized carbons (Fsp3) is 0.462. The van der Waals surface area contributed by atoms with Crippen LogP contribution in [0.25, 0.3) is 0 Å². The van der Waals surface area contributed by atoms with E-state index in [0.29, 0.717) is 0 Å². The van der Waals surface area contributed by atoms with Gasteiger partial charge in [0.25, 0.3) is 0 Å². The molecule has 0 spiro atoms. The van der Waals surface area contributed by atoms with E-state index in [4.69, 9.17) is 5.11 Å². The van der Waals surface area contributed by atoms with Crippen molar-refractivity contribution in [1.29, 1.82) is 0 Å². The van der Waals surface area contributed by atoms with Gasteiger partial charge in [0.05, 0.1) is 18.4 Å². The van der Waals surface area contributed by atoms with Crippen LogP contribution in [0.2, 0.25) is 0 Å². The number of aliphatic carboxylic acids is 1. The summed E-state index contributed by atoms with van der Waals surface area (Å²) in [5.41, 5.74) is 0. The molecule has 0 radical (unpaired) electrons. The van der Waals surface area contributed by atoms with Crippen LogP contribution in [0.15, 0.2) is 17.5 Å². The van der Waals surface area contributed by atoms with Gasteiger partial charge in [0.1, 0.15) is 0 Å². The van der Waals surface area contributed by atoms with Gasteiger partial charge >= 0.3 is 5.97 Å². The Bertz CT molecular complexity index is 473. The molecule has 0 saturated heterocycles. The average Bonchev–Trinajstić information content (AvgIpc) is 2.88. The Balaban J connectivity index is 2.55. The number of amides is 2. The summed E-state index contributed by atoms with van der Waals surface area (Å²) in [6, 6.07) is 3.31. The molecule has 1 aromatic rings. The Morgan fingerprint density at radius 2 is 2.10 bits per heavy atom. The molecule has 2 atom stereocenters. The van der Waals surface area contributed by atoms with Crippen molar-refractivity contribution in [3.05, 3.63) is 22.4 Å². The molecule has 0 aliphatic carbocycles. The summed E-state index contributed by atoms with van der Waals surface area (Å²) in [6.07, 6.45) is 0.0897. The van der Waals surface area contributed by atoms with Crippen LogP contribution in [0.1, 0.15) is 31.2 Å². The first kappa shape index (κ1) is 16.2. The number of carboxylic acid groups (broad SMARTS) is 1. The van der Waals surface area contributed by atoms with Crippen molar-refractivity contribution in [2.45, 2.75) is 26.3 Å². The van der Waals surface area contributed by atoms with Gasteiger partial charge in [-0.2, -0.15) is 0 Å². The molecular weight excluding hydrogens is 280 g/mol. The van der Waals surface area contributed by atoms with Crippen molar-refractivity contribution in [3.8, 4) is 0 Å². The lowest BCUT2D eigenvalue weighted by atomic mass is 10.1. The maximum absolute atomic E-state index is 11.8. The lowest BCUT2D eigenvalue weighted by Gasteiger charge is -2.16. The average molecular weight is 298 g/mol. The Morgan fingerprint density at radius 3 is 2.60 bits per heavy atom. The second kappa shape index (κ2) is 7.64. The van der Waals surface area contributed by atoms with Crippen LogP contribution in [0.5, 0.6) is 0 Å². The van der Waals surface area contributed by atoms with Crippen molar-refractivity contribution >= 4 is 29.1 Å². The monoisotopic (exact) mass is 298 g/mol. The fourth-order valence-electron chi connectivity index (χ4n) is 1.57. The summed E-state index contributed by atoms with van der Waals surface area (Å²) >= 11 is 1.46. The molecule has 1 aromatic heterocycles. The third-order valence-corrected chi connectivity index (χ3v) is 3.67. The number of nitrogens with one attached hydrogen (secondary N) is 2. The first-order valence-corrected chi connectivity index (χ1v) is 7.08. The summed E-state index contributed by atoms with van der Waals surface area (Å²) in [5, 5.41) is 15.9. The Kier molecular flexibility index (Phi) is 6.17. The Labute approximate surface area is 121 Å². The molecule has 0 aliphatic heterocycles. The largest absolute Gasteiger partial charge is 0.481 e. The van der Waals surface area contributed by atoms with Gasteiger partial charge in [0, 0.05) is 18.3 Å². The predicted molar refractivity (Wildman–Crippen MR) is 75.3 cm³/mol. The van der Waals surface area contributed by atoms with Crippen molar-refractivity contribution in [1.82, 2.24) is 10.6 Å². The molecule has 1 rings (SSSR count). The van der Waals surface area contributed by atoms with E-state index in [1.165, 1.54) is 25.2 Å². The summed E-state index contributed by atoms with van der Waals surface area (Å²) in [6.45, 7) is 2.99. The van der Waals surface area contributed by atoms with Gasteiger partial charge in [-0.05, 0) is 11.4 Å². The SMILES string of the molecule is CC(=O)NC(CC(=O)NCC(C)C(=O)O)c1cccs1. The molecule has 2 amide bonds. The van der Waals surface area contributed by atoms with Gasteiger partial charge in [-0.3, -0.25) is 14.4 Å². The molecule has 0 fully saturated rings. The topological polar surface area (TPSA) is 95.5 Å². The molecule has 7 heteroatoms. The fourth-order valence-corrected chi connectivity index (χ4v) is 2.35. The van der Waals surface area contributed by atoms with Crippen LogP contribution >= 0.6 is 11.3 Å². The molecule has 0 aromatic carbocycles. The van der Waals surface area contributed by atoms with Gasteiger partial charge in [-0.25, -0.2) is 0 Å². The van der Waals surface area contributed by atoms with Gasteiger partial charge in [-0.15, -0.1) is 11.3 Å². The number of carboxylic acids is 1. The quantitative estimate of drug-likeness (QED) is 0.703. The van der Waals surface area contributed by atoms with E-state index in [9.17, 15) is 14.4 Å². The van der Waals surface area contributed by atoms with Gasteiger partial charge in [0.2, 0.25) is 11.8 Å². The summed E-state index contributed by atoms with van der Waals surface area (Å²) < 4.78 is 0. The zero-order valence-electron chi connectivity index (χ0n) is 11.4.